The van der Waals surface area contributed by atoms with Crippen molar-refractivity contribution in [1.82, 2.24) is 15.6 Å². The van der Waals surface area contributed by atoms with Gasteiger partial charge in [-0.15, -0.1) is 11.8 Å². The number of hydrogen-bond acceptors (Lipinski definition) is 9. The Labute approximate surface area is 219 Å². The minimum atomic E-state index is -1.03. The highest BCUT2D eigenvalue weighted by molar-refractivity contribution is 8.14. The maximum Gasteiger partial charge on any atom is 0.329 e. The number of esters is 1. The lowest BCUT2D eigenvalue weighted by atomic mass is 10.00. The van der Waals surface area contributed by atoms with Crippen LogP contribution in [0.25, 0.3) is 0 Å². The van der Waals surface area contributed by atoms with Crippen LogP contribution in [0.4, 0.5) is 0 Å². The number of ether oxygens (including phenoxy) is 1. The van der Waals surface area contributed by atoms with Crippen molar-refractivity contribution in [2.75, 3.05) is 11.5 Å². The Kier molecular flexibility index (Phi) is 9.72. The van der Waals surface area contributed by atoms with E-state index in [9.17, 15) is 19.2 Å². The third kappa shape index (κ3) is 7.67. The molecule has 4 bridgehead atoms. The van der Waals surface area contributed by atoms with Crippen LogP contribution < -0.4 is 10.6 Å². The van der Waals surface area contributed by atoms with Crippen molar-refractivity contribution in [1.29, 1.82) is 0 Å². The molecule has 0 aromatic carbocycles. The van der Waals surface area contributed by atoms with Crippen molar-refractivity contribution in [3.63, 3.8) is 0 Å². The molecule has 0 spiro atoms. The Balaban J connectivity index is 1.88. The van der Waals surface area contributed by atoms with E-state index in [4.69, 9.17) is 4.74 Å². The molecule has 2 aliphatic heterocycles. The molecule has 0 unspecified atom stereocenters. The second-order valence-corrected chi connectivity index (χ2v) is 11.5. The SMILES string of the molecule is CC(=O)SCC/C=C/[C@@H]1CC(=O)NCc2cc(ccn2)C2=N[C@@](C)(CS2)C(=O)N[C@@H](C(C)C)C(=O)O1. The third-order valence-electron chi connectivity index (χ3n) is 5.66. The van der Waals surface area contributed by atoms with Gasteiger partial charge in [0.1, 0.15) is 17.7 Å². The quantitative estimate of drug-likeness (QED) is 0.337. The number of aromatic nitrogens is 1. The fourth-order valence-corrected chi connectivity index (χ4v) is 5.31. The van der Waals surface area contributed by atoms with Gasteiger partial charge >= 0.3 is 5.97 Å². The van der Waals surface area contributed by atoms with Crippen LogP contribution in [0.15, 0.2) is 35.5 Å². The molecule has 0 aliphatic carbocycles. The minimum Gasteiger partial charge on any atom is -0.456 e. The Bertz CT molecular complexity index is 1070. The first-order valence-corrected chi connectivity index (χ1v) is 13.8. The van der Waals surface area contributed by atoms with Crippen LogP contribution in [-0.2, 0) is 30.5 Å². The number of allylic oxidation sites excluding steroid dienone is 1. The average molecular weight is 533 g/mol. The molecule has 2 N–H and O–H groups in total. The summed E-state index contributed by atoms with van der Waals surface area (Å²) < 4.78 is 5.70. The van der Waals surface area contributed by atoms with E-state index in [0.29, 0.717) is 28.7 Å². The van der Waals surface area contributed by atoms with E-state index in [2.05, 4.69) is 20.6 Å². The number of rotatable bonds is 5. The van der Waals surface area contributed by atoms with Gasteiger partial charge in [-0.25, -0.2) is 4.79 Å². The van der Waals surface area contributed by atoms with Crippen molar-refractivity contribution in [3.05, 3.63) is 41.7 Å². The smallest absolute Gasteiger partial charge is 0.329 e. The normalized spacial score (nSPS) is 25.4. The number of hydrogen-bond donors (Lipinski definition) is 2. The summed E-state index contributed by atoms with van der Waals surface area (Å²) in [5.41, 5.74) is 0.446. The molecular weight excluding hydrogens is 500 g/mol. The number of carbonyl (C=O) groups excluding carboxylic acids is 4. The summed E-state index contributed by atoms with van der Waals surface area (Å²) >= 11 is 2.67. The molecule has 0 saturated carbocycles. The van der Waals surface area contributed by atoms with E-state index >= 15 is 0 Å². The molecular formula is C25H32N4O5S2. The molecule has 0 radical (unpaired) electrons. The average Bonchev–Trinajstić information content (AvgIpc) is 3.23. The van der Waals surface area contributed by atoms with Crippen molar-refractivity contribution in [3.8, 4) is 0 Å². The zero-order chi connectivity index (χ0) is 26.3. The molecule has 0 fully saturated rings. The Morgan fingerprint density at radius 3 is 2.86 bits per heavy atom. The monoisotopic (exact) mass is 532 g/mol. The summed E-state index contributed by atoms with van der Waals surface area (Å²) in [6.45, 7) is 7.10. The minimum absolute atomic E-state index is 0.0259. The summed E-state index contributed by atoms with van der Waals surface area (Å²) in [4.78, 5) is 59.2. The molecule has 3 heterocycles. The van der Waals surface area contributed by atoms with E-state index in [0.717, 1.165) is 5.56 Å². The number of fused-ring (bicyclic) bond motifs is 4. The van der Waals surface area contributed by atoms with Crippen LogP contribution >= 0.6 is 23.5 Å². The van der Waals surface area contributed by atoms with E-state index in [-0.39, 0.29) is 35.8 Å². The zero-order valence-corrected chi connectivity index (χ0v) is 22.5. The summed E-state index contributed by atoms with van der Waals surface area (Å²) in [6, 6.07) is 2.78. The topological polar surface area (TPSA) is 127 Å². The Morgan fingerprint density at radius 1 is 1.36 bits per heavy atom. The number of amides is 2. The number of aliphatic imine (C=N–C) groups is 1. The highest BCUT2D eigenvalue weighted by Gasteiger charge is 2.41. The summed E-state index contributed by atoms with van der Waals surface area (Å²) in [6.07, 6.45) is 4.77. The molecule has 11 heteroatoms. The van der Waals surface area contributed by atoms with Gasteiger partial charge in [-0.05, 0) is 37.5 Å². The van der Waals surface area contributed by atoms with E-state index in [1.807, 2.05) is 26.0 Å². The largest absolute Gasteiger partial charge is 0.456 e. The second kappa shape index (κ2) is 12.5. The van der Waals surface area contributed by atoms with Crippen molar-refractivity contribution in [2.24, 2.45) is 10.9 Å². The van der Waals surface area contributed by atoms with Crippen LogP contribution in [0.1, 0.15) is 51.8 Å². The highest BCUT2D eigenvalue weighted by atomic mass is 32.2. The standard InChI is InChI=1S/C25H32N4O5S2/c1-15(2)21-23(32)34-19(7-5-6-10-35-16(3)30)12-20(31)27-13-18-11-17(8-9-26-18)22-29-25(4,14-36-22)24(33)28-21/h5,7-9,11,15,19,21H,6,10,12-14H2,1-4H3,(H,27,31)(H,28,33)/b7-5+/t19-,21+,25+/m1/s1. The first-order chi connectivity index (χ1) is 17.1. The van der Waals surface area contributed by atoms with Gasteiger partial charge in [0.15, 0.2) is 5.12 Å². The van der Waals surface area contributed by atoms with Crippen LogP contribution in [0.3, 0.4) is 0 Å². The Morgan fingerprint density at radius 2 is 2.14 bits per heavy atom. The molecule has 194 valence electrons. The fraction of sp³-hybridized carbons (Fsp3) is 0.520. The lowest BCUT2D eigenvalue weighted by molar-refractivity contribution is -0.153. The molecule has 36 heavy (non-hydrogen) atoms. The van der Waals surface area contributed by atoms with Gasteiger partial charge in [-0.2, -0.15) is 0 Å². The number of nitrogens with zero attached hydrogens (tertiary/aromatic N) is 2. The van der Waals surface area contributed by atoms with Gasteiger partial charge in [0, 0.05) is 30.2 Å². The van der Waals surface area contributed by atoms with Gasteiger partial charge in [0.05, 0.1) is 23.7 Å². The molecule has 2 aliphatic rings. The van der Waals surface area contributed by atoms with E-state index < -0.39 is 23.7 Å². The molecule has 0 saturated heterocycles. The van der Waals surface area contributed by atoms with Crippen LogP contribution in [0.5, 0.6) is 0 Å². The van der Waals surface area contributed by atoms with Gasteiger partial charge in [0.25, 0.3) is 0 Å². The molecule has 2 amide bonds. The van der Waals surface area contributed by atoms with Crippen LogP contribution in [0.2, 0.25) is 0 Å². The fourth-order valence-electron chi connectivity index (χ4n) is 3.60. The van der Waals surface area contributed by atoms with Crippen molar-refractivity contribution < 1.29 is 23.9 Å². The molecule has 9 nitrogen and oxygen atoms in total. The number of cyclic esters (lactones) is 1. The van der Waals surface area contributed by atoms with Crippen molar-refractivity contribution >= 4 is 51.5 Å². The van der Waals surface area contributed by atoms with Crippen molar-refractivity contribution in [2.45, 2.75) is 64.8 Å². The first-order valence-electron chi connectivity index (χ1n) is 11.8. The van der Waals surface area contributed by atoms with Crippen LogP contribution in [-0.4, -0.2) is 62.1 Å². The second-order valence-electron chi connectivity index (χ2n) is 9.22. The molecule has 3 rings (SSSR count). The third-order valence-corrected chi connectivity index (χ3v) is 7.81. The van der Waals surface area contributed by atoms with Gasteiger partial charge in [-0.1, -0.05) is 31.7 Å². The van der Waals surface area contributed by atoms with E-state index in [1.54, 1.807) is 25.3 Å². The Hall–Kier alpha value is -2.66. The first kappa shape index (κ1) is 27.9. The lowest BCUT2D eigenvalue weighted by Crippen LogP contribution is -2.53. The summed E-state index contributed by atoms with van der Waals surface area (Å²) in [5.74, 6) is -0.490. The maximum absolute atomic E-state index is 13.2. The number of carbonyl (C=O) groups is 4. The number of thioether (sulfide) groups is 2. The number of nitrogens with one attached hydrogen (secondary N) is 2. The lowest BCUT2D eigenvalue weighted by Gasteiger charge is -2.27. The highest BCUT2D eigenvalue weighted by Crippen LogP contribution is 2.31. The van der Waals surface area contributed by atoms with E-state index in [1.165, 1.54) is 30.4 Å². The number of pyridine rings is 1. The summed E-state index contributed by atoms with van der Waals surface area (Å²) in [5, 5.41) is 6.41. The molecule has 1 aromatic rings. The maximum atomic E-state index is 13.2. The summed E-state index contributed by atoms with van der Waals surface area (Å²) in [7, 11) is 0. The van der Waals surface area contributed by atoms with Gasteiger partial charge in [0.2, 0.25) is 11.8 Å². The zero-order valence-electron chi connectivity index (χ0n) is 20.9. The molecule has 1 aromatic heterocycles. The molecule has 3 atom stereocenters. The van der Waals surface area contributed by atoms with Gasteiger partial charge in [-0.3, -0.25) is 24.4 Å². The predicted molar refractivity (Wildman–Crippen MR) is 142 cm³/mol. The van der Waals surface area contributed by atoms with Gasteiger partial charge < -0.3 is 15.4 Å². The van der Waals surface area contributed by atoms with Crippen LogP contribution in [0, 0.1) is 5.92 Å². The predicted octanol–water partition coefficient (Wildman–Crippen LogP) is 2.63.